The lowest BCUT2D eigenvalue weighted by atomic mass is 9.43. The average molecular weight is 384 g/mol. The summed E-state index contributed by atoms with van der Waals surface area (Å²) < 4.78 is 12.8. The van der Waals surface area contributed by atoms with Crippen LogP contribution < -0.4 is 11.1 Å². The summed E-state index contributed by atoms with van der Waals surface area (Å²) in [5.74, 6) is 1.25. The van der Waals surface area contributed by atoms with Crippen LogP contribution in [0, 0.1) is 17.3 Å². The molecule has 4 fully saturated rings. The molecule has 3 N–H and O–H groups in total. The molecule has 1 heterocycles. The van der Waals surface area contributed by atoms with Gasteiger partial charge >= 0.3 is 7.12 Å². The zero-order valence-corrected chi connectivity index (χ0v) is 17.5. The van der Waals surface area contributed by atoms with Crippen LogP contribution in [0.25, 0.3) is 0 Å². The third-order valence-electron chi connectivity index (χ3n) is 7.67. The minimum atomic E-state index is -0.548. The van der Waals surface area contributed by atoms with Gasteiger partial charge in [-0.3, -0.25) is 4.79 Å². The van der Waals surface area contributed by atoms with Crippen LogP contribution in [0.4, 0.5) is 0 Å². The fourth-order valence-corrected chi connectivity index (χ4v) is 5.59. The fourth-order valence-electron chi connectivity index (χ4n) is 5.59. The van der Waals surface area contributed by atoms with Crippen LogP contribution in [-0.4, -0.2) is 37.3 Å². The Hall–Kier alpha value is -1.37. The molecule has 1 amide bonds. The SMILES string of the molecule is CC(CNC(=O)[C@@H](N)Cc1ccccc1)B1O[C@H]2C[C@H]3C[C@H](C3(C)C)[C@@]2(C)O1. The van der Waals surface area contributed by atoms with Crippen molar-refractivity contribution in [3.63, 3.8) is 0 Å². The standard InChI is InChI=1S/C22H33BN2O3/c1-14(13-25-20(26)17(24)10-15-8-6-5-7-9-15)23-27-19-12-16-11-18(21(16,2)3)22(19,4)28-23/h5-9,14,16-19H,10-13,24H2,1-4H3,(H,25,26)/t14?,16-,17+,18-,19+,22-/m1/s1. The van der Waals surface area contributed by atoms with Crippen molar-refractivity contribution in [2.24, 2.45) is 23.0 Å². The fraction of sp³-hybridized carbons (Fsp3) is 0.682. The zero-order valence-electron chi connectivity index (χ0n) is 17.5. The number of nitrogens with one attached hydrogen (secondary N) is 1. The van der Waals surface area contributed by atoms with Gasteiger partial charge in [0.25, 0.3) is 0 Å². The number of hydrogen-bond donors (Lipinski definition) is 2. The van der Waals surface area contributed by atoms with Crippen molar-refractivity contribution >= 4 is 13.0 Å². The molecule has 6 heteroatoms. The van der Waals surface area contributed by atoms with E-state index in [1.165, 1.54) is 6.42 Å². The van der Waals surface area contributed by atoms with E-state index in [4.69, 9.17) is 15.0 Å². The van der Waals surface area contributed by atoms with E-state index in [0.29, 0.717) is 24.3 Å². The van der Waals surface area contributed by atoms with Gasteiger partial charge in [-0.05, 0) is 49.0 Å². The van der Waals surface area contributed by atoms with Gasteiger partial charge in [-0.25, -0.2) is 0 Å². The van der Waals surface area contributed by atoms with Crippen LogP contribution in [0.3, 0.4) is 0 Å². The number of hydrogen-bond acceptors (Lipinski definition) is 4. The van der Waals surface area contributed by atoms with Crippen molar-refractivity contribution in [1.29, 1.82) is 0 Å². The molecule has 1 aliphatic heterocycles. The number of carbonyl (C=O) groups is 1. The molecule has 3 saturated carbocycles. The van der Waals surface area contributed by atoms with Crippen LogP contribution in [0.1, 0.15) is 46.1 Å². The van der Waals surface area contributed by atoms with Gasteiger partial charge in [0.2, 0.25) is 5.91 Å². The van der Waals surface area contributed by atoms with Gasteiger partial charge in [-0.1, -0.05) is 51.1 Å². The summed E-state index contributed by atoms with van der Waals surface area (Å²) >= 11 is 0. The van der Waals surface area contributed by atoms with Crippen molar-refractivity contribution in [2.75, 3.05) is 6.54 Å². The summed E-state index contributed by atoms with van der Waals surface area (Å²) in [4.78, 5) is 12.4. The number of benzene rings is 1. The Bertz CT molecular complexity index is 728. The van der Waals surface area contributed by atoms with Gasteiger partial charge in [0, 0.05) is 12.4 Å². The molecule has 6 atom stereocenters. The second-order valence-electron chi connectivity index (χ2n) is 9.86. The molecule has 152 valence electrons. The van der Waals surface area contributed by atoms with E-state index < -0.39 is 6.04 Å². The van der Waals surface area contributed by atoms with Gasteiger partial charge < -0.3 is 20.4 Å². The van der Waals surface area contributed by atoms with Crippen LogP contribution >= 0.6 is 0 Å². The van der Waals surface area contributed by atoms with Crippen molar-refractivity contribution < 1.29 is 14.1 Å². The van der Waals surface area contributed by atoms with E-state index in [1.54, 1.807) is 0 Å². The Labute approximate surface area is 168 Å². The van der Waals surface area contributed by atoms with E-state index in [1.807, 2.05) is 30.3 Å². The van der Waals surface area contributed by atoms with Gasteiger partial charge in [-0.15, -0.1) is 0 Å². The summed E-state index contributed by atoms with van der Waals surface area (Å²) in [5, 5.41) is 2.99. The molecule has 0 aromatic heterocycles. The maximum atomic E-state index is 12.4. The van der Waals surface area contributed by atoms with E-state index in [9.17, 15) is 4.79 Å². The van der Waals surface area contributed by atoms with Gasteiger partial charge in [0.05, 0.1) is 17.7 Å². The van der Waals surface area contributed by atoms with Gasteiger partial charge in [0.15, 0.2) is 0 Å². The first-order valence-corrected chi connectivity index (χ1v) is 10.6. The second-order valence-corrected chi connectivity index (χ2v) is 9.86. The average Bonchev–Trinajstić information content (AvgIpc) is 3.03. The lowest BCUT2D eigenvalue weighted by Crippen LogP contribution is -2.65. The maximum Gasteiger partial charge on any atom is 0.462 e. The summed E-state index contributed by atoms with van der Waals surface area (Å²) in [6.07, 6.45) is 3.04. The second kappa shape index (κ2) is 7.15. The molecule has 1 saturated heterocycles. The highest BCUT2D eigenvalue weighted by Crippen LogP contribution is 2.66. The predicted octanol–water partition coefficient (Wildman–Crippen LogP) is 2.79. The summed E-state index contributed by atoms with van der Waals surface area (Å²) in [5.41, 5.74) is 7.29. The van der Waals surface area contributed by atoms with Gasteiger partial charge in [0.1, 0.15) is 0 Å². The van der Waals surface area contributed by atoms with Gasteiger partial charge in [-0.2, -0.15) is 0 Å². The van der Waals surface area contributed by atoms with Crippen LogP contribution in [0.15, 0.2) is 30.3 Å². The molecular formula is C22H33BN2O3. The molecular weight excluding hydrogens is 351 g/mol. The summed E-state index contributed by atoms with van der Waals surface area (Å²) in [6, 6.07) is 9.32. The van der Waals surface area contributed by atoms with Crippen molar-refractivity contribution in [3.05, 3.63) is 35.9 Å². The van der Waals surface area contributed by atoms with Crippen molar-refractivity contribution in [2.45, 2.75) is 70.5 Å². The normalized spacial score (nSPS) is 34.9. The van der Waals surface area contributed by atoms with Crippen LogP contribution in [0.2, 0.25) is 5.82 Å². The summed E-state index contributed by atoms with van der Waals surface area (Å²) in [7, 11) is -0.268. The Morgan fingerprint density at radius 3 is 2.68 bits per heavy atom. The third kappa shape index (κ3) is 3.29. The smallest absolute Gasteiger partial charge is 0.405 e. The van der Waals surface area contributed by atoms with Crippen molar-refractivity contribution in [1.82, 2.24) is 5.32 Å². The quantitative estimate of drug-likeness (QED) is 0.740. The molecule has 0 radical (unpaired) electrons. The molecule has 1 unspecified atom stereocenters. The minimum absolute atomic E-state index is 0.0793. The van der Waals surface area contributed by atoms with Crippen LogP contribution in [-0.2, 0) is 20.5 Å². The van der Waals surface area contributed by atoms with Crippen molar-refractivity contribution in [3.8, 4) is 0 Å². The number of carbonyl (C=O) groups excluding carboxylic acids is 1. The first-order chi connectivity index (χ1) is 13.2. The molecule has 2 bridgehead atoms. The summed E-state index contributed by atoms with van der Waals surface area (Å²) in [6.45, 7) is 9.53. The largest absolute Gasteiger partial charge is 0.462 e. The first kappa shape index (κ1) is 19.9. The van der Waals surface area contributed by atoms with Crippen LogP contribution in [0.5, 0.6) is 0 Å². The lowest BCUT2D eigenvalue weighted by Gasteiger charge is -2.64. The number of amides is 1. The number of nitrogens with two attached hydrogens (primary N) is 1. The minimum Gasteiger partial charge on any atom is -0.405 e. The van der Waals surface area contributed by atoms with E-state index >= 15 is 0 Å². The number of rotatable bonds is 6. The zero-order chi connectivity index (χ0) is 20.1. The highest BCUT2D eigenvalue weighted by molar-refractivity contribution is 6.47. The lowest BCUT2D eigenvalue weighted by molar-refractivity contribution is -0.199. The molecule has 1 aromatic rings. The van der Waals surface area contributed by atoms with E-state index in [0.717, 1.165) is 17.9 Å². The first-order valence-electron chi connectivity index (χ1n) is 10.6. The molecule has 1 aromatic carbocycles. The molecule has 5 nitrogen and oxygen atoms in total. The molecule has 0 spiro atoms. The topological polar surface area (TPSA) is 73.6 Å². The predicted molar refractivity (Wildman–Crippen MR) is 111 cm³/mol. The monoisotopic (exact) mass is 384 g/mol. The van der Waals surface area contributed by atoms with E-state index in [2.05, 4.69) is 33.0 Å². The highest BCUT2D eigenvalue weighted by Gasteiger charge is 2.68. The maximum absolute atomic E-state index is 12.4. The molecule has 28 heavy (non-hydrogen) atoms. The Morgan fingerprint density at radius 2 is 2.00 bits per heavy atom. The van der Waals surface area contributed by atoms with E-state index in [-0.39, 0.29) is 30.5 Å². The Kier molecular flexibility index (Phi) is 5.09. The Morgan fingerprint density at radius 1 is 1.29 bits per heavy atom. The molecule has 4 aliphatic rings. The third-order valence-corrected chi connectivity index (χ3v) is 7.67. The Balaban J connectivity index is 1.29. The molecule has 3 aliphatic carbocycles. The molecule has 5 rings (SSSR count). The highest BCUT2D eigenvalue weighted by atomic mass is 16.7.